The van der Waals surface area contributed by atoms with Crippen LogP contribution in [0.3, 0.4) is 0 Å². The van der Waals surface area contributed by atoms with Crippen LogP contribution in [-0.2, 0) is 11.3 Å². The predicted molar refractivity (Wildman–Crippen MR) is 123 cm³/mol. The lowest BCUT2D eigenvalue weighted by Gasteiger charge is -2.11. The highest BCUT2D eigenvalue weighted by Crippen LogP contribution is 2.45. The van der Waals surface area contributed by atoms with Gasteiger partial charge in [0, 0.05) is 12.4 Å². The molecule has 33 heavy (non-hydrogen) atoms. The van der Waals surface area contributed by atoms with Crippen molar-refractivity contribution >= 4 is 23.1 Å². The van der Waals surface area contributed by atoms with E-state index < -0.39 is 0 Å². The van der Waals surface area contributed by atoms with Crippen LogP contribution in [0, 0.1) is 5.82 Å². The largest absolute Gasteiger partial charge is 0.502 e. The summed E-state index contributed by atoms with van der Waals surface area (Å²) in [6.07, 6.45) is 5.32. The fraction of sp³-hybridized carbons (Fsp3) is 0.200. The van der Waals surface area contributed by atoms with Crippen LogP contribution >= 0.6 is 0 Å². The average Bonchev–Trinajstić information content (AvgIpc) is 3.41. The maximum absolute atomic E-state index is 14.1. The molecular formula is C25H24FN3O4. The van der Waals surface area contributed by atoms with Gasteiger partial charge in [0.25, 0.3) is 0 Å². The molecule has 1 aromatic heterocycles. The summed E-state index contributed by atoms with van der Waals surface area (Å²) in [5.74, 6) is 0.560. The van der Waals surface area contributed by atoms with E-state index in [1.54, 1.807) is 30.6 Å². The first-order valence-electron chi connectivity index (χ1n) is 10.3. The minimum atomic E-state index is -0.371. The molecule has 7 nitrogen and oxygen atoms in total. The Labute approximate surface area is 190 Å². The number of rotatable bonds is 7. The Hall–Kier alpha value is -4.07. The summed E-state index contributed by atoms with van der Waals surface area (Å²) in [6.45, 7) is 2.19. The highest BCUT2D eigenvalue weighted by Gasteiger charge is 2.26. The molecule has 3 N–H and O–H groups in total. The maximum Gasteiger partial charge on any atom is 0.224 e. The number of H-pyrrole nitrogens is 1. The molecular weight excluding hydrogens is 425 g/mol. The van der Waals surface area contributed by atoms with Crippen molar-refractivity contribution in [2.75, 3.05) is 14.2 Å². The van der Waals surface area contributed by atoms with Gasteiger partial charge in [-0.15, -0.1) is 0 Å². The fourth-order valence-corrected chi connectivity index (χ4v) is 3.95. The molecule has 1 heterocycles. The fourth-order valence-electron chi connectivity index (χ4n) is 3.95. The zero-order valence-electron chi connectivity index (χ0n) is 18.5. The second-order valence-electron chi connectivity index (χ2n) is 7.61. The number of aromatic hydroxyl groups is 1. The first-order chi connectivity index (χ1) is 15.9. The number of methoxy groups -OCH3 is 2. The molecule has 0 saturated heterocycles. The van der Waals surface area contributed by atoms with E-state index in [1.165, 1.54) is 26.4 Å². The molecule has 1 amide bonds. The number of halogens is 1. The quantitative estimate of drug-likeness (QED) is 0.500. The molecule has 0 spiro atoms. The minimum Gasteiger partial charge on any atom is -0.502 e. The number of carbonyl (C=O) groups is 1. The maximum atomic E-state index is 14.1. The van der Waals surface area contributed by atoms with E-state index in [9.17, 15) is 14.3 Å². The van der Waals surface area contributed by atoms with Gasteiger partial charge in [-0.05, 0) is 70.7 Å². The van der Waals surface area contributed by atoms with Crippen molar-refractivity contribution in [3.8, 4) is 17.2 Å². The van der Waals surface area contributed by atoms with Crippen LogP contribution in [0.4, 0.5) is 4.39 Å². The number of hydrogen-bond donors (Lipinski definition) is 3. The van der Waals surface area contributed by atoms with E-state index in [0.29, 0.717) is 11.4 Å². The van der Waals surface area contributed by atoms with Crippen molar-refractivity contribution in [3.05, 3.63) is 76.6 Å². The van der Waals surface area contributed by atoms with Gasteiger partial charge in [0.1, 0.15) is 11.6 Å². The number of fused-ring (bicyclic) bond motifs is 1. The standard InChI is InChI=1S/C25H24FN3O4/c1-14-18(8-15-9-21(32-2)25(31)22(10-15)33-3)17-5-4-16(26)11-20(17)19(14)12-24(30)29-13-23-27-6-7-28-23/h4-11,31H,12-13H2,1-3H3,(H,27,28)(H,29,30)/b18-8-. The molecule has 1 aliphatic rings. The average molecular weight is 449 g/mol. The molecule has 170 valence electrons. The molecule has 0 aliphatic heterocycles. The number of amides is 1. The Bertz CT molecular complexity index is 1240. The van der Waals surface area contributed by atoms with Gasteiger partial charge in [0.15, 0.2) is 11.5 Å². The zero-order chi connectivity index (χ0) is 23.5. The summed E-state index contributed by atoms with van der Waals surface area (Å²) in [5, 5.41) is 13.0. The van der Waals surface area contributed by atoms with E-state index in [-0.39, 0.29) is 41.9 Å². The van der Waals surface area contributed by atoms with Gasteiger partial charge in [-0.1, -0.05) is 6.07 Å². The highest BCUT2D eigenvalue weighted by molar-refractivity contribution is 6.08. The molecule has 0 unspecified atom stereocenters. The number of carbonyl (C=O) groups excluding carboxylic acids is 1. The molecule has 1 aliphatic carbocycles. The van der Waals surface area contributed by atoms with Gasteiger partial charge < -0.3 is 24.9 Å². The van der Waals surface area contributed by atoms with Crippen LogP contribution in [0.25, 0.3) is 17.2 Å². The third-order valence-corrected chi connectivity index (χ3v) is 5.61. The van der Waals surface area contributed by atoms with Crippen LogP contribution in [-0.4, -0.2) is 35.2 Å². The number of ether oxygens (including phenoxy) is 2. The predicted octanol–water partition coefficient (Wildman–Crippen LogP) is 4.31. The summed E-state index contributed by atoms with van der Waals surface area (Å²) >= 11 is 0. The summed E-state index contributed by atoms with van der Waals surface area (Å²) < 4.78 is 24.6. The van der Waals surface area contributed by atoms with Crippen molar-refractivity contribution < 1.29 is 23.8 Å². The van der Waals surface area contributed by atoms with Crippen LogP contribution < -0.4 is 14.8 Å². The lowest BCUT2D eigenvalue weighted by molar-refractivity contribution is -0.120. The minimum absolute atomic E-state index is 0.0859. The lowest BCUT2D eigenvalue weighted by atomic mass is 10.00. The molecule has 4 rings (SSSR count). The molecule has 0 atom stereocenters. The molecule has 0 saturated carbocycles. The SMILES string of the molecule is COc1cc(/C=C2/C(C)=C(CC(=O)NCc3ncc[nH]3)c3cc(F)ccc32)cc(OC)c1O. The smallest absolute Gasteiger partial charge is 0.224 e. The summed E-state index contributed by atoms with van der Waals surface area (Å²) in [4.78, 5) is 19.7. The number of aromatic amines is 1. The summed E-state index contributed by atoms with van der Waals surface area (Å²) in [5.41, 5.74) is 4.72. The highest BCUT2D eigenvalue weighted by atomic mass is 19.1. The summed E-state index contributed by atoms with van der Waals surface area (Å²) in [7, 11) is 2.92. The van der Waals surface area contributed by atoms with Gasteiger partial charge in [-0.2, -0.15) is 0 Å². The van der Waals surface area contributed by atoms with Crippen molar-refractivity contribution in [3.63, 3.8) is 0 Å². The Balaban J connectivity index is 1.70. The van der Waals surface area contributed by atoms with E-state index in [2.05, 4.69) is 15.3 Å². The van der Waals surface area contributed by atoms with Crippen molar-refractivity contribution in [1.82, 2.24) is 15.3 Å². The number of phenolic OH excluding ortho intramolecular Hbond substituents is 1. The van der Waals surface area contributed by atoms with Crippen molar-refractivity contribution in [2.24, 2.45) is 0 Å². The van der Waals surface area contributed by atoms with Crippen LogP contribution in [0.15, 0.2) is 48.3 Å². The van der Waals surface area contributed by atoms with Gasteiger partial charge in [-0.3, -0.25) is 4.79 Å². The molecule has 0 radical (unpaired) electrons. The number of imidazole rings is 1. The van der Waals surface area contributed by atoms with Gasteiger partial charge in [0.2, 0.25) is 11.7 Å². The van der Waals surface area contributed by atoms with Crippen LogP contribution in [0.2, 0.25) is 0 Å². The van der Waals surface area contributed by atoms with Gasteiger partial charge >= 0.3 is 0 Å². The normalized spacial score (nSPS) is 13.9. The Kier molecular flexibility index (Phi) is 6.17. The number of allylic oxidation sites excluding steroid dienone is 2. The number of nitrogens with one attached hydrogen (secondary N) is 2. The number of aromatic nitrogens is 2. The van der Waals surface area contributed by atoms with Crippen LogP contribution in [0.1, 0.15) is 35.9 Å². The topological polar surface area (TPSA) is 96.5 Å². The third kappa shape index (κ3) is 4.45. The number of nitrogens with zero attached hydrogens (tertiary/aromatic N) is 1. The number of hydrogen-bond acceptors (Lipinski definition) is 5. The van der Waals surface area contributed by atoms with Gasteiger partial charge in [-0.25, -0.2) is 9.37 Å². The second-order valence-corrected chi connectivity index (χ2v) is 7.61. The lowest BCUT2D eigenvalue weighted by Crippen LogP contribution is -2.23. The van der Waals surface area contributed by atoms with E-state index in [4.69, 9.17) is 9.47 Å². The molecule has 8 heteroatoms. The molecule has 3 aromatic rings. The van der Waals surface area contributed by atoms with Crippen LogP contribution in [0.5, 0.6) is 17.2 Å². The van der Waals surface area contributed by atoms with E-state index >= 15 is 0 Å². The van der Waals surface area contributed by atoms with E-state index in [1.807, 2.05) is 13.0 Å². The molecule has 0 bridgehead atoms. The van der Waals surface area contributed by atoms with Gasteiger partial charge in [0.05, 0.1) is 27.2 Å². The Morgan fingerprint density at radius 2 is 1.91 bits per heavy atom. The van der Waals surface area contributed by atoms with Crippen molar-refractivity contribution in [1.29, 1.82) is 0 Å². The summed E-state index contributed by atoms with van der Waals surface area (Å²) in [6, 6.07) is 7.94. The monoisotopic (exact) mass is 449 g/mol. The zero-order valence-corrected chi connectivity index (χ0v) is 18.5. The van der Waals surface area contributed by atoms with E-state index in [0.717, 1.165) is 27.8 Å². The molecule has 0 fully saturated rings. The first-order valence-corrected chi connectivity index (χ1v) is 10.3. The second kappa shape index (κ2) is 9.20. The molecule has 2 aromatic carbocycles. The third-order valence-electron chi connectivity index (χ3n) is 5.61. The number of benzene rings is 2. The Morgan fingerprint density at radius 1 is 1.18 bits per heavy atom. The first kappa shape index (κ1) is 22.1. The Morgan fingerprint density at radius 3 is 2.55 bits per heavy atom. The number of phenols is 1. The van der Waals surface area contributed by atoms with Crippen molar-refractivity contribution in [2.45, 2.75) is 19.9 Å².